The van der Waals surface area contributed by atoms with Gasteiger partial charge in [0.15, 0.2) is 0 Å². The van der Waals surface area contributed by atoms with Gasteiger partial charge in [0.25, 0.3) is 5.91 Å². The van der Waals surface area contributed by atoms with Crippen molar-refractivity contribution in [2.24, 2.45) is 0 Å². The van der Waals surface area contributed by atoms with Gasteiger partial charge in [0.05, 0.1) is 31.7 Å². The highest BCUT2D eigenvalue weighted by molar-refractivity contribution is 5.96. The molecule has 1 aromatic carbocycles. The molecule has 1 aliphatic heterocycles. The van der Waals surface area contributed by atoms with Crippen molar-refractivity contribution in [2.75, 3.05) is 38.7 Å². The highest BCUT2D eigenvalue weighted by Crippen LogP contribution is 2.40. The molecule has 1 amide bonds. The van der Waals surface area contributed by atoms with E-state index in [2.05, 4.69) is 36.3 Å². The van der Waals surface area contributed by atoms with E-state index < -0.39 is 0 Å². The number of allylic oxidation sites excluding steroid dienone is 1. The molecule has 6 nitrogen and oxygen atoms in total. The minimum Gasteiger partial charge on any atom is -0.496 e. The van der Waals surface area contributed by atoms with Crippen molar-refractivity contribution in [2.45, 2.75) is 26.3 Å². The van der Waals surface area contributed by atoms with E-state index in [1.807, 2.05) is 29.3 Å². The van der Waals surface area contributed by atoms with Gasteiger partial charge in [0.1, 0.15) is 5.75 Å². The summed E-state index contributed by atoms with van der Waals surface area (Å²) in [5, 5.41) is 3.58. The lowest BCUT2D eigenvalue weighted by atomic mass is 9.98. The van der Waals surface area contributed by atoms with Gasteiger partial charge in [0.2, 0.25) is 0 Å². The fourth-order valence-electron chi connectivity index (χ4n) is 3.84. The monoisotopic (exact) mass is 393 g/mol. The Morgan fingerprint density at radius 3 is 2.76 bits per heavy atom. The third kappa shape index (κ3) is 3.85. The summed E-state index contributed by atoms with van der Waals surface area (Å²) < 4.78 is 11.0. The molecule has 2 aliphatic rings. The number of anilines is 1. The van der Waals surface area contributed by atoms with Gasteiger partial charge in [-0.15, -0.1) is 0 Å². The summed E-state index contributed by atoms with van der Waals surface area (Å²) in [6.45, 7) is 6.64. The predicted molar refractivity (Wildman–Crippen MR) is 114 cm³/mol. The Morgan fingerprint density at radius 1 is 1.24 bits per heavy atom. The number of carbonyl (C=O) groups excluding carboxylic acids is 1. The molecular weight excluding hydrogens is 366 g/mol. The van der Waals surface area contributed by atoms with Crippen LogP contribution in [0.4, 0.5) is 5.69 Å². The zero-order valence-electron chi connectivity index (χ0n) is 17.2. The van der Waals surface area contributed by atoms with E-state index in [9.17, 15) is 4.79 Å². The van der Waals surface area contributed by atoms with Crippen LogP contribution in [0.2, 0.25) is 0 Å². The van der Waals surface area contributed by atoms with Crippen LogP contribution in [0.1, 0.15) is 35.5 Å². The Morgan fingerprint density at radius 2 is 2.03 bits per heavy atom. The number of amides is 1. The molecular formula is C23H27N3O3. The quantitative estimate of drug-likeness (QED) is 0.841. The van der Waals surface area contributed by atoms with E-state index >= 15 is 0 Å². The highest BCUT2D eigenvalue weighted by atomic mass is 16.5. The Labute approximate surface area is 171 Å². The summed E-state index contributed by atoms with van der Waals surface area (Å²) in [4.78, 5) is 19.4. The molecule has 1 aliphatic carbocycles. The third-order valence-corrected chi connectivity index (χ3v) is 5.26. The number of methoxy groups -OCH3 is 1. The van der Waals surface area contributed by atoms with E-state index in [1.165, 1.54) is 0 Å². The van der Waals surface area contributed by atoms with E-state index in [4.69, 9.17) is 9.47 Å². The molecule has 0 radical (unpaired) electrons. The first-order chi connectivity index (χ1) is 14.1. The molecule has 2 heterocycles. The maximum atomic E-state index is 12.9. The lowest BCUT2D eigenvalue weighted by Crippen LogP contribution is -2.40. The Balaban J connectivity index is 1.74. The summed E-state index contributed by atoms with van der Waals surface area (Å²) in [5.74, 6) is 0.674. The number of pyridine rings is 1. The summed E-state index contributed by atoms with van der Waals surface area (Å²) in [5.41, 5.74) is 5.79. The van der Waals surface area contributed by atoms with Crippen LogP contribution in [-0.2, 0) is 11.2 Å². The van der Waals surface area contributed by atoms with Crippen molar-refractivity contribution in [1.82, 2.24) is 9.88 Å². The Bertz CT molecular complexity index is 947. The van der Waals surface area contributed by atoms with Crippen LogP contribution in [0.15, 0.2) is 30.5 Å². The number of aromatic nitrogens is 1. The number of ether oxygens (including phenoxy) is 2. The van der Waals surface area contributed by atoms with E-state index in [0.717, 1.165) is 34.5 Å². The molecule has 29 heavy (non-hydrogen) atoms. The van der Waals surface area contributed by atoms with Crippen molar-refractivity contribution in [3.63, 3.8) is 0 Å². The van der Waals surface area contributed by atoms with Gasteiger partial charge in [-0.05, 0) is 32.0 Å². The predicted octanol–water partition coefficient (Wildman–Crippen LogP) is 3.62. The van der Waals surface area contributed by atoms with E-state index in [-0.39, 0.29) is 11.9 Å². The minimum atomic E-state index is 0.00805. The molecule has 152 valence electrons. The third-order valence-electron chi connectivity index (χ3n) is 5.26. The fraction of sp³-hybridized carbons (Fsp3) is 0.391. The van der Waals surface area contributed by atoms with Gasteiger partial charge in [-0.2, -0.15) is 0 Å². The smallest absolute Gasteiger partial charge is 0.254 e. The van der Waals surface area contributed by atoms with Crippen LogP contribution in [0, 0.1) is 0 Å². The van der Waals surface area contributed by atoms with Crippen molar-refractivity contribution >= 4 is 17.7 Å². The summed E-state index contributed by atoms with van der Waals surface area (Å²) >= 11 is 0. The number of benzene rings is 1. The summed E-state index contributed by atoms with van der Waals surface area (Å²) in [6, 6.07) is 5.94. The average Bonchev–Trinajstić information content (AvgIpc) is 3.23. The standard InChI is InChI=1S/C23H27N3O3/c1-15(2)25-22-18-5-4-6-20(18)24-14-19(22)17-8-7-16(13-21(17)28-3)23(27)26-9-11-29-12-10-26/h4-5,7-8,13-15H,6,9-12H2,1-3H3,(H,24,25). The molecule has 1 aromatic heterocycles. The van der Waals surface area contributed by atoms with Gasteiger partial charge in [-0.25, -0.2) is 0 Å². The van der Waals surface area contributed by atoms with Crippen LogP contribution < -0.4 is 10.1 Å². The first-order valence-corrected chi connectivity index (χ1v) is 10.1. The summed E-state index contributed by atoms with van der Waals surface area (Å²) in [6.07, 6.45) is 7.01. The number of rotatable bonds is 5. The number of nitrogens with zero attached hydrogens (tertiary/aromatic N) is 2. The number of fused-ring (bicyclic) bond motifs is 1. The molecule has 0 atom stereocenters. The normalized spacial score (nSPS) is 15.5. The molecule has 4 rings (SSSR count). The largest absolute Gasteiger partial charge is 0.496 e. The van der Waals surface area contributed by atoms with Crippen LogP contribution in [0.3, 0.4) is 0 Å². The van der Waals surface area contributed by atoms with Crippen molar-refractivity contribution in [1.29, 1.82) is 0 Å². The number of hydrogen-bond acceptors (Lipinski definition) is 5. The SMILES string of the molecule is COc1cc(C(=O)N2CCOCC2)ccc1-c1cnc2c(c1NC(C)C)C=CC2. The molecule has 6 heteroatoms. The highest BCUT2D eigenvalue weighted by Gasteiger charge is 2.22. The lowest BCUT2D eigenvalue weighted by Gasteiger charge is -2.27. The van der Waals surface area contributed by atoms with E-state index in [0.29, 0.717) is 37.6 Å². The molecule has 0 unspecified atom stereocenters. The van der Waals surface area contributed by atoms with Crippen LogP contribution in [-0.4, -0.2) is 55.2 Å². The molecule has 1 fully saturated rings. The number of hydrogen-bond donors (Lipinski definition) is 1. The Kier molecular flexibility index (Phi) is 5.53. The first-order valence-electron chi connectivity index (χ1n) is 10.1. The van der Waals surface area contributed by atoms with Crippen LogP contribution in [0.25, 0.3) is 17.2 Å². The minimum absolute atomic E-state index is 0.00805. The molecule has 0 bridgehead atoms. The second-order valence-electron chi connectivity index (χ2n) is 7.63. The van der Waals surface area contributed by atoms with Crippen molar-refractivity contribution in [3.05, 3.63) is 47.3 Å². The van der Waals surface area contributed by atoms with Gasteiger partial charge >= 0.3 is 0 Å². The second-order valence-corrected chi connectivity index (χ2v) is 7.63. The van der Waals surface area contributed by atoms with Crippen LogP contribution >= 0.6 is 0 Å². The fourth-order valence-corrected chi connectivity index (χ4v) is 3.84. The molecule has 1 N–H and O–H groups in total. The van der Waals surface area contributed by atoms with Gasteiger partial charge in [0, 0.05) is 54.0 Å². The van der Waals surface area contributed by atoms with E-state index in [1.54, 1.807) is 7.11 Å². The maximum Gasteiger partial charge on any atom is 0.254 e. The zero-order valence-corrected chi connectivity index (χ0v) is 17.2. The topological polar surface area (TPSA) is 63.7 Å². The lowest BCUT2D eigenvalue weighted by molar-refractivity contribution is 0.0302. The summed E-state index contributed by atoms with van der Waals surface area (Å²) in [7, 11) is 1.64. The Hall–Kier alpha value is -2.86. The van der Waals surface area contributed by atoms with Crippen molar-refractivity contribution in [3.8, 4) is 16.9 Å². The number of nitrogens with one attached hydrogen (secondary N) is 1. The second kappa shape index (κ2) is 8.25. The van der Waals surface area contributed by atoms with Crippen molar-refractivity contribution < 1.29 is 14.3 Å². The average molecular weight is 393 g/mol. The van der Waals surface area contributed by atoms with Gasteiger partial charge < -0.3 is 19.7 Å². The number of morpholine rings is 1. The zero-order chi connectivity index (χ0) is 20.4. The van der Waals surface area contributed by atoms with Gasteiger partial charge in [-0.1, -0.05) is 12.2 Å². The molecule has 0 saturated carbocycles. The molecule has 1 saturated heterocycles. The first kappa shape index (κ1) is 19.5. The molecule has 0 spiro atoms. The van der Waals surface area contributed by atoms with Crippen LogP contribution in [0.5, 0.6) is 5.75 Å². The number of carbonyl (C=O) groups is 1. The molecule has 2 aromatic rings. The maximum absolute atomic E-state index is 12.9. The van der Waals surface area contributed by atoms with Gasteiger partial charge in [-0.3, -0.25) is 9.78 Å².